The van der Waals surface area contributed by atoms with Crippen LogP contribution < -0.4 is 0 Å². The van der Waals surface area contributed by atoms with Gasteiger partial charge in [0, 0.05) is 16.7 Å². The van der Waals surface area contributed by atoms with E-state index >= 15 is 0 Å². The van der Waals surface area contributed by atoms with Gasteiger partial charge in [-0.3, -0.25) is 0 Å². The average Bonchev–Trinajstić information content (AvgIpc) is 2.51. The lowest BCUT2D eigenvalue weighted by Crippen LogP contribution is -2.42. The number of hydrogen-bond donors (Lipinski definition) is 0. The first kappa shape index (κ1) is 22.8. The van der Waals surface area contributed by atoms with Crippen molar-refractivity contribution in [2.24, 2.45) is 0 Å². The zero-order valence-electron chi connectivity index (χ0n) is 15.4. The van der Waals surface area contributed by atoms with Gasteiger partial charge in [-0.1, -0.05) is 19.7 Å². The third-order valence-electron chi connectivity index (χ3n) is 2.99. The Labute approximate surface area is 148 Å². The van der Waals surface area contributed by atoms with Crippen molar-refractivity contribution in [2.45, 2.75) is 53.1 Å². The van der Waals surface area contributed by atoms with E-state index in [0.29, 0.717) is 5.57 Å². The molecule has 3 atom stereocenters. The molecular weight excluding hydrogens is 328 g/mol. The first-order valence-corrected chi connectivity index (χ1v) is 7.66. The minimum absolute atomic E-state index is 0.0368. The van der Waals surface area contributed by atoms with E-state index in [2.05, 4.69) is 24.5 Å². The van der Waals surface area contributed by atoms with Crippen LogP contribution in [0.5, 0.6) is 0 Å². The van der Waals surface area contributed by atoms with E-state index in [1.54, 1.807) is 6.92 Å². The highest BCUT2D eigenvalue weighted by Crippen LogP contribution is 2.15. The largest absolute Gasteiger partial charge is 0.430 e. The van der Waals surface area contributed by atoms with Crippen LogP contribution in [0.1, 0.15) is 34.6 Å². The van der Waals surface area contributed by atoms with Gasteiger partial charge in [0.25, 0.3) is 0 Å². The van der Waals surface area contributed by atoms with Gasteiger partial charge in [-0.15, -0.1) is 0 Å². The third kappa shape index (κ3) is 8.97. The lowest BCUT2D eigenvalue weighted by atomic mass is 10.2. The number of hydrogen-bond acceptors (Lipinski definition) is 7. The van der Waals surface area contributed by atoms with Crippen LogP contribution in [-0.4, -0.2) is 43.0 Å². The number of esters is 3. The Morgan fingerprint density at radius 3 is 1.64 bits per heavy atom. The van der Waals surface area contributed by atoms with E-state index in [1.165, 1.54) is 13.8 Å². The maximum Gasteiger partial charge on any atom is 0.340 e. The minimum Gasteiger partial charge on any atom is -0.430 e. The van der Waals surface area contributed by atoms with Gasteiger partial charge in [0.2, 0.25) is 6.29 Å². The van der Waals surface area contributed by atoms with Crippen molar-refractivity contribution in [3.63, 3.8) is 0 Å². The van der Waals surface area contributed by atoms with Crippen molar-refractivity contribution in [2.75, 3.05) is 6.61 Å². The smallest absolute Gasteiger partial charge is 0.340 e. The Kier molecular flexibility index (Phi) is 9.63. The van der Waals surface area contributed by atoms with Crippen molar-refractivity contribution in [1.82, 2.24) is 0 Å². The maximum atomic E-state index is 11.1. The summed E-state index contributed by atoms with van der Waals surface area (Å²) >= 11 is 0. The van der Waals surface area contributed by atoms with Gasteiger partial charge in [0.1, 0.15) is 6.61 Å². The van der Waals surface area contributed by atoms with Crippen LogP contribution in [-0.2, 0) is 33.3 Å². The maximum absolute atomic E-state index is 11.1. The fraction of sp³-hybridized carbons (Fsp3) is 0.500. The molecule has 7 heteroatoms. The van der Waals surface area contributed by atoms with Gasteiger partial charge in [-0.05, 0) is 34.6 Å². The van der Waals surface area contributed by atoms with Crippen LogP contribution in [0.2, 0.25) is 0 Å². The molecule has 1 aliphatic rings. The van der Waals surface area contributed by atoms with Crippen molar-refractivity contribution in [3.05, 3.63) is 36.5 Å². The molecule has 0 aromatic rings. The first-order chi connectivity index (χ1) is 11.5. The Balaban J connectivity index is 0.000000477. The SMILES string of the molecule is C=C(C)C(=O)OC(=O)C(=C)C.C=C(C)C(=O)OC1COC(C)C(C)O1. The fourth-order valence-corrected chi connectivity index (χ4v) is 1.30. The Morgan fingerprint density at radius 1 is 0.840 bits per heavy atom. The average molecular weight is 354 g/mol. The second kappa shape index (κ2) is 10.6. The van der Waals surface area contributed by atoms with Crippen molar-refractivity contribution < 1.29 is 33.3 Å². The molecule has 1 fully saturated rings. The van der Waals surface area contributed by atoms with Crippen LogP contribution in [0.3, 0.4) is 0 Å². The van der Waals surface area contributed by atoms with Crippen LogP contribution in [0, 0.1) is 0 Å². The van der Waals surface area contributed by atoms with Crippen molar-refractivity contribution in [1.29, 1.82) is 0 Å². The zero-order valence-corrected chi connectivity index (χ0v) is 15.4. The lowest BCUT2D eigenvalue weighted by molar-refractivity contribution is -0.250. The molecule has 0 aliphatic carbocycles. The fourth-order valence-electron chi connectivity index (χ4n) is 1.30. The quantitative estimate of drug-likeness (QED) is 0.435. The lowest BCUT2D eigenvalue weighted by Gasteiger charge is -2.32. The predicted molar refractivity (Wildman–Crippen MR) is 91.4 cm³/mol. The topological polar surface area (TPSA) is 88.1 Å². The summed E-state index contributed by atoms with van der Waals surface area (Å²) in [7, 11) is 0. The highest BCUT2D eigenvalue weighted by Gasteiger charge is 2.28. The minimum atomic E-state index is -0.710. The van der Waals surface area contributed by atoms with Gasteiger partial charge in [-0.25, -0.2) is 14.4 Å². The Bertz CT molecular complexity index is 538. The normalized spacial score (nSPS) is 21.9. The van der Waals surface area contributed by atoms with Crippen LogP contribution in [0.15, 0.2) is 36.5 Å². The molecule has 7 nitrogen and oxygen atoms in total. The van der Waals surface area contributed by atoms with Gasteiger partial charge in [-0.2, -0.15) is 0 Å². The van der Waals surface area contributed by atoms with Crippen molar-refractivity contribution in [3.8, 4) is 0 Å². The number of carbonyl (C=O) groups excluding carboxylic acids is 3. The van der Waals surface area contributed by atoms with E-state index in [9.17, 15) is 14.4 Å². The molecule has 1 aliphatic heterocycles. The number of ether oxygens (including phenoxy) is 4. The summed E-state index contributed by atoms with van der Waals surface area (Å²) in [4.78, 5) is 32.5. The summed E-state index contributed by atoms with van der Waals surface area (Å²) in [5.74, 6) is -1.86. The molecule has 1 heterocycles. The second-order valence-electron chi connectivity index (χ2n) is 5.73. The molecule has 0 saturated carbocycles. The summed E-state index contributed by atoms with van der Waals surface area (Å²) in [6.07, 6.45) is -0.633. The zero-order chi connectivity index (χ0) is 19.7. The first-order valence-electron chi connectivity index (χ1n) is 7.66. The summed E-state index contributed by atoms with van der Waals surface area (Å²) in [5, 5.41) is 0. The summed E-state index contributed by atoms with van der Waals surface area (Å²) in [6, 6.07) is 0. The molecule has 0 radical (unpaired) electrons. The van der Waals surface area contributed by atoms with Gasteiger partial charge >= 0.3 is 17.9 Å². The van der Waals surface area contributed by atoms with E-state index in [-0.39, 0.29) is 30.0 Å². The standard InChI is InChI=1S/C10H16O4.C8H10O3/c1-6(2)10(11)14-9-5-12-7(3)8(4)13-9;1-5(2)7(9)11-8(10)6(3)4/h7-9H,1,5H2,2-4H3;1,3H2,2,4H3. The molecule has 0 spiro atoms. The number of carbonyl (C=O) groups is 3. The van der Waals surface area contributed by atoms with Crippen LogP contribution >= 0.6 is 0 Å². The van der Waals surface area contributed by atoms with Gasteiger partial charge in [0.05, 0.1) is 12.2 Å². The Morgan fingerprint density at radius 2 is 1.28 bits per heavy atom. The summed E-state index contributed by atoms with van der Waals surface area (Å²) in [5.41, 5.74) is 0.749. The Hall–Kier alpha value is -2.25. The molecule has 0 bridgehead atoms. The molecule has 3 unspecified atom stereocenters. The molecule has 0 amide bonds. The van der Waals surface area contributed by atoms with Crippen molar-refractivity contribution >= 4 is 17.9 Å². The highest BCUT2D eigenvalue weighted by atomic mass is 16.7. The van der Waals surface area contributed by atoms with E-state index in [1.807, 2.05) is 13.8 Å². The van der Waals surface area contributed by atoms with Crippen LogP contribution in [0.4, 0.5) is 0 Å². The molecule has 140 valence electrons. The van der Waals surface area contributed by atoms with E-state index in [0.717, 1.165) is 0 Å². The molecule has 0 aromatic carbocycles. The molecular formula is C18H26O7. The van der Waals surface area contributed by atoms with Crippen LogP contribution in [0.25, 0.3) is 0 Å². The summed E-state index contributed by atoms with van der Waals surface area (Å²) in [6.45, 7) is 18.7. The third-order valence-corrected chi connectivity index (χ3v) is 2.99. The van der Waals surface area contributed by atoms with E-state index in [4.69, 9.17) is 14.2 Å². The molecule has 0 N–H and O–H groups in total. The molecule has 0 aromatic heterocycles. The molecule has 25 heavy (non-hydrogen) atoms. The number of rotatable bonds is 4. The predicted octanol–water partition coefficient (Wildman–Crippen LogP) is 2.46. The molecule has 1 rings (SSSR count). The van der Waals surface area contributed by atoms with Gasteiger partial charge < -0.3 is 18.9 Å². The molecule has 1 saturated heterocycles. The van der Waals surface area contributed by atoms with Gasteiger partial charge in [0.15, 0.2) is 0 Å². The van der Waals surface area contributed by atoms with E-state index < -0.39 is 24.2 Å². The highest BCUT2D eigenvalue weighted by molar-refractivity contribution is 6.00. The monoisotopic (exact) mass is 354 g/mol. The summed E-state index contributed by atoms with van der Waals surface area (Å²) < 4.78 is 20.0. The second-order valence-corrected chi connectivity index (χ2v) is 5.73.